The molecule has 2 rings (SSSR count). The molecule has 15 heavy (non-hydrogen) atoms. The van der Waals surface area contributed by atoms with E-state index in [0.717, 1.165) is 25.3 Å². The lowest BCUT2D eigenvalue weighted by Gasteiger charge is -2.25. The fourth-order valence-corrected chi connectivity index (χ4v) is 1.73. The lowest BCUT2D eigenvalue weighted by Crippen LogP contribution is -2.31. The lowest BCUT2D eigenvalue weighted by molar-refractivity contribution is 0.605. The van der Waals surface area contributed by atoms with E-state index in [1.54, 1.807) is 6.33 Å². The van der Waals surface area contributed by atoms with Crippen LogP contribution in [0.2, 0.25) is 0 Å². The maximum Gasteiger partial charge on any atom is 0.134 e. The summed E-state index contributed by atoms with van der Waals surface area (Å²) in [6.07, 6.45) is 2.65. The molecular weight excluding hydrogens is 188 g/mol. The van der Waals surface area contributed by atoms with E-state index in [1.807, 2.05) is 0 Å². The Labute approximate surface area is 90.5 Å². The Kier molecular flexibility index (Phi) is 2.61. The van der Waals surface area contributed by atoms with Gasteiger partial charge in [-0.25, -0.2) is 9.97 Å². The quantitative estimate of drug-likeness (QED) is 0.728. The van der Waals surface area contributed by atoms with Crippen molar-refractivity contribution in [1.29, 1.82) is 0 Å². The third kappa shape index (κ3) is 2.45. The average Bonchev–Trinajstić information content (AvgIpc) is 2.16. The fraction of sp³-hybridized carbons (Fsp3) is 0.636. The van der Waals surface area contributed by atoms with Gasteiger partial charge in [-0.05, 0) is 20.8 Å². The highest BCUT2D eigenvalue weighted by molar-refractivity contribution is 5.48. The molecule has 0 bridgehead atoms. The van der Waals surface area contributed by atoms with E-state index in [2.05, 4.69) is 41.4 Å². The van der Waals surface area contributed by atoms with Gasteiger partial charge in [0.15, 0.2) is 0 Å². The summed E-state index contributed by atoms with van der Waals surface area (Å²) in [6, 6.07) is 0. The molecule has 0 atom stereocenters. The summed E-state index contributed by atoms with van der Waals surface area (Å²) in [5.74, 6) is 0.972. The van der Waals surface area contributed by atoms with Crippen LogP contribution in [0, 0.1) is 0 Å². The second-order valence-corrected chi connectivity index (χ2v) is 4.95. The maximum atomic E-state index is 4.32. The molecule has 2 heterocycles. The largest absolute Gasteiger partial charge is 0.365 e. The van der Waals surface area contributed by atoms with Gasteiger partial charge < -0.3 is 10.6 Å². The smallest absolute Gasteiger partial charge is 0.134 e. The van der Waals surface area contributed by atoms with Gasteiger partial charge in [0.1, 0.15) is 12.1 Å². The number of rotatable bonds is 1. The summed E-state index contributed by atoms with van der Waals surface area (Å²) in [5.41, 5.74) is 2.44. The van der Waals surface area contributed by atoms with E-state index in [4.69, 9.17) is 0 Å². The van der Waals surface area contributed by atoms with Crippen molar-refractivity contribution in [3.05, 3.63) is 17.6 Å². The summed E-state index contributed by atoms with van der Waals surface area (Å²) < 4.78 is 0. The van der Waals surface area contributed by atoms with E-state index in [-0.39, 0.29) is 5.54 Å². The second-order valence-electron chi connectivity index (χ2n) is 4.95. The van der Waals surface area contributed by atoms with Crippen LogP contribution in [-0.2, 0) is 13.0 Å². The molecule has 0 saturated carbocycles. The molecule has 0 spiro atoms. The molecule has 1 aromatic heterocycles. The minimum atomic E-state index is 0.0412. The predicted molar refractivity (Wildman–Crippen MR) is 60.8 cm³/mol. The van der Waals surface area contributed by atoms with E-state index in [0.29, 0.717) is 0 Å². The van der Waals surface area contributed by atoms with Crippen LogP contribution in [0.3, 0.4) is 0 Å². The number of nitrogens with zero attached hydrogens (tertiary/aromatic N) is 2. The molecule has 4 nitrogen and oxygen atoms in total. The van der Waals surface area contributed by atoms with Crippen molar-refractivity contribution in [2.24, 2.45) is 0 Å². The number of anilines is 1. The Morgan fingerprint density at radius 3 is 2.87 bits per heavy atom. The monoisotopic (exact) mass is 206 g/mol. The van der Waals surface area contributed by atoms with Crippen molar-refractivity contribution in [3.8, 4) is 0 Å². The Morgan fingerprint density at radius 2 is 2.13 bits per heavy atom. The van der Waals surface area contributed by atoms with Crippen LogP contribution in [0.5, 0.6) is 0 Å². The van der Waals surface area contributed by atoms with Gasteiger partial charge >= 0.3 is 0 Å². The molecule has 82 valence electrons. The fourth-order valence-electron chi connectivity index (χ4n) is 1.73. The molecule has 0 aliphatic carbocycles. The van der Waals surface area contributed by atoms with Crippen LogP contribution in [0.4, 0.5) is 5.82 Å². The third-order valence-electron chi connectivity index (χ3n) is 2.37. The molecule has 2 N–H and O–H groups in total. The summed E-state index contributed by atoms with van der Waals surface area (Å²) >= 11 is 0. The first kappa shape index (κ1) is 10.4. The van der Waals surface area contributed by atoms with Crippen molar-refractivity contribution >= 4 is 5.82 Å². The van der Waals surface area contributed by atoms with Gasteiger partial charge in [0.05, 0.1) is 5.69 Å². The number of hydrogen-bond acceptors (Lipinski definition) is 4. The summed E-state index contributed by atoms with van der Waals surface area (Å²) in [7, 11) is 0. The minimum absolute atomic E-state index is 0.0412. The molecule has 0 amide bonds. The van der Waals surface area contributed by atoms with Gasteiger partial charge in [0.25, 0.3) is 0 Å². The molecular formula is C11H18N4. The first-order valence-electron chi connectivity index (χ1n) is 5.38. The molecule has 4 heteroatoms. The number of aromatic nitrogens is 2. The van der Waals surface area contributed by atoms with Gasteiger partial charge in [0, 0.05) is 30.6 Å². The highest BCUT2D eigenvalue weighted by Gasteiger charge is 2.18. The van der Waals surface area contributed by atoms with E-state index in [9.17, 15) is 0 Å². The average molecular weight is 206 g/mol. The number of hydrogen-bond donors (Lipinski definition) is 2. The van der Waals surface area contributed by atoms with Crippen LogP contribution in [0.25, 0.3) is 0 Å². The van der Waals surface area contributed by atoms with Crippen LogP contribution >= 0.6 is 0 Å². The molecule has 1 aliphatic heterocycles. The normalized spacial score (nSPS) is 15.9. The molecule has 0 unspecified atom stereocenters. The topological polar surface area (TPSA) is 49.8 Å². The van der Waals surface area contributed by atoms with Crippen LogP contribution < -0.4 is 10.6 Å². The van der Waals surface area contributed by atoms with Gasteiger partial charge in [-0.3, -0.25) is 0 Å². The van der Waals surface area contributed by atoms with Crippen LogP contribution in [0.15, 0.2) is 6.33 Å². The standard InChI is InChI=1S/C11H18N4/c1-11(2,3)15-10-8-6-12-5-4-9(8)13-7-14-10/h7,12H,4-6H2,1-3H3,(H,13,14,15). The first-order valence-corrected chi connectivity index (χ1v) is 5.38. The van der Waals surface area contributed by atoms with Crippen molar-refractivity contribution < 1.29 is 0 Å². The van der Waals surface area contributed by atoms with Gasteiger partial charge in [0.2, 0.25) is 0 Å². The highest BCUT2D eigenvalue weighted by Crippen LogP contribution is 2.21. The minimum Gasteiger partial charge on any atom is -0.365 e. The molecule has 1 aromatic rings. The Bertz CT molecular complexity index is 354. The van der Waals surface area contributed by atoms with E-state index < -0.39 is 0 Å². The molecule has 0 aromatic carbocycles. The van der Waals surface area contributed by atoms with Gasteiger partial charge in [-0.2, -0.15) is 0 Å². The Balaban J connectivity index is 2.31. The van der Waals surface area contributed by atoms with Crippen molar-refractivity contribution in [2.45, 2.75) is 39.3 Å². The van der Waals surface area contributed by atoms with Crippen molar-refractivity contribution in [3.63, 3.8) is 0 Å². The molecule has 0 radical (unpaired) electrons. The summed E-state index contributed by atoms with van der Waals surface area (Å²) in [6.45, 7) is 8.29. The van der Waals surface area contributed by atoms with Gasteiger partial charge in [-0.15, -0.1) is 0 Å². The molecule has 0 saturated heterocycles. The number of nitrogens with one attached hydrogen (secondary N) is 2. The summed E-state index contributed by atoms with van der Waals surface area (Å²) in [5, 5.41) is 6.77. The summed E-state index contributed by atoms with van der Waals surface area (Å²) in [4.78, 5) is 8.63. The van der Waals surface area contributed by atoms with Gasteiger partial charge in [-0.1, -0.05) is 0 Å². The van der Waals surface area contributed by atoms with E-state index >= 15 is 0 Å². The lowest BCUT2D eigenvalue weighted by atomic mass is 10.1. The Morgan fingerprint density at radius 1 is 1.33 bits per heavy atom. The molecule has 0 fully saturated rings. The maximum absolute atomic E-state index is 4.32. The Hall–Kier alpha value is -1.16. The number of fused-ring (bicyclic) bond motifs is 1. The zero-order valence-electron chi connectivity index (χ0n) is 9.59. The third-order valence-corrected chi connectivity index (χ3v) is 2.37. The van der Waals surface area contributed by atoms with Crippen molar-refractivity contribution in [2.75, 3.05) is 11.9 Å². The highest BCUT2D eigenvalue weighted by atomic mass is 15.1. The van der Waals surface area contributed by atoms with Crippen LogP contribution in [-0.4, -0.2) is 22.1 Å². The first-order chi connectivity index (χ1) is 7.06. The zero-order valence-corrected chi connectivity index (χ0v) is 9.59. The second kappa shape index (κ2) is 3.77. The molecule has 1 aliphatic rings. The van der Waals surface area contributed by atoms with Crippen molar-refractivity contribution in [1.82, 2.24) is 15.3 Å². The van der Waals surface area contributed by atoms with Crippen LogP contribution in [0.1, 0.15) is 32.0 Å². The zero-order chi connectivity index (χ0) is 10.9. The van der Waals surface area contributed by atoms with E-state index in [1.165, 1.54) is 11.3 Å². The predicted octanol–water partition coefficient (Wildman–Crippen LogP) is 1.33. The SMILES string of the molecule is CC(C)(C)Nc1ncnc2c1CNCC2.